The number of sulfonamides is 1. The Morgan fingerprint density at radius 2 is 2.12 bits per heavy atom. The molecule has 1 fully saturated rings. The highest BCUT2D eigenvalue weighted by atomic mass is 35.5. The summed E-state index contributed by atoms with van der Waals surface area (Å²) in [5.41, 5.74) is 2.85. The predicted molar refractivity (Wildman–Crippen MR) is 124 cm³/mol. The smallest absolute Gasteiger partial charge is 0.322 e. The topological polar surface area (TPSA) is 91.8 Å². The summed E-state index contributed by atoms with van der Waals surface area (Å²) in [6.07, 6.45) is 0.829. The predicted octanol–water partition coefficient (Wildman–Crippen LogP) is 3.91. The van der Waals surface area contributed by atoms with E-state index in [1.165, 1.54) is 16.5 Å². The summed E-state index contributed by atoms with van der Waals surface area (Å²) in [5, 5.41) is 4.58. The Morgan fingerprint density at radius 1 is 1.33 bits per heavy atom. The third-order valence-corrected chi connectivity index (χ3v) is 7.61. The summed E-state index contributed by atoms with van der Waals surface area (Å²) in [7, 11) is -4.60. The van der Waals surface area contributed by atoms with Gasteiger partial charge < -0.3 is 10.2 Å². The first-order valence-corrected chi connectivity index (χ1v) is 12.7. The molecule has 1 atom stereocenters. The molecule has 0 radical (unpaired) electrons. The molecule has 0 bridgehead atoms. The number of hydrogen-bond donors (Lipinski definition) is 1. The quantitative estimate of drug-likeness (QED) is 0.345. The first-order chi connectivity index (χ1) is 15.9. The molecule has 174 valence electrons. The van der Waals surface area contributed by atoms with Crippen molar-refractivity contribution in [2.24, 2.45) is 0 Å². The maximum atomic E-state index is 14.9. The van der Waals surface area contributed by atoms with E-state index in [1.54, 1.807) is 0 Å². The molecule has 4 rings (SSSR count). The zero-order valence-corrected chi connectivity index (χ0v) is 19.6. The SMILES string of the molecule is O=CON(c1cscn1)S(=O)(=O)c1cc(Cl)c(N[C@H]2CCN(Cc3ccccc3)C2)cc1F. The lowest BCUT2D eigenvalue weighted by atomic mass is 10.2. The van der Waals surface area contributed by atoms with Crippen molar-refractivity contribution in [3.63, 3.8) is 0 Å². The molecule has 1 aliphatic heterocycles. The van der Waals surface area contributed by atoms with E-state index in [-0.39, 0.29) is 33.5 Å². The molecular formula is C21H20ClFN4O4S2. The lowest BCUT2D eigenvalue weighted by Gasteiger charge is -2.20. The Morgan fingerprint density at radius 3 is 2.82 bits per heavy atom. The first kappa shape index (κ1) is 23.4. The third kappa shape index (κ3) is 5.27. The third-order valence-electron chi connectivity index (χ3n) is 5.14. The first-order valence-electron chi connectivity index (χ1n) is 9.94. The van der Waals surface area contributed by atoms with Crippen LogP contribution in [0.15, 0.2) is 58.3 Å². The van der Waals surface area contributed by atoms with Crippen molar-refractivity contribution in [3.8, 4) is 0 Å². The van der Waals surface area contributed by atoms with E-state index < -0.39 is 20.7 Å². The van der Waals surface area contributed by atoms with Gasteiger partial charge in [0, 0.05) is 31.1 Å². The van der Waals surface area contributed by atoms with Gasteiger partial charge in [-0.25, -0.2) is 9.37 Å². The summed E-state index contributed by atoms with van der Waals surface area (Å²) in [4.78, 5) is 20.8. The molecular weight excluding hydrogens is 491 g/mol. The second-order valence-corrected chi connectivity index (χ2v) is 10.2. The van der Waals surface area contributed by atoms with Gasteiger partial charge in [0.05, 0.1) is 16.2 Å². The molecule has 1 saturated heterocycles. The number of rotatable bonds is 9. The van der Waals surface area contributed by atoms with Gasteiger partial charge in [0.2, 0.25) is 0 Å². The summed E-state index contributed by atoms with van der Waals surface area (Å²) in [5.74, 6) is -1.20. The standard InChI is InChI=1S/C21H20ClFN4O4S2/c22-17-8-20(33(29,30)27(31-14-28)21-12-32-13-24-21)18(23)9-19(17)25-16-6-7-26(11-16)10-15-4-2-1-3-5-15/h1-5,8-9,12-14,16,25H,6-7,10-11H2/t16-/m0/s1. The number of nitrogens with one attached hydrogen (secondary N) is 1. The average Bonchev–Trinajstić information content (AvgIpc) is 3.47. The summed E-state index contributed by atoms with van der Waals surface area (Å²) < 4.78 is 41.1. The Kier molecular flexibility index (Phi) is 7.13. The molecule has 2 heterocycles. The van der Waals surface area contributed by atoms with Gasteiger partial charge in [-0.2, -0.15) is 8.42 Å². The fourth-order valence-corrected chi connectivity index (χ4v) is 5.75. The van der Waals surface area contributed by atoms with Crippen molar-refractivity contribution in [3.05, 3.63) is 69.8 Å². The van der Waals surface area contributed by atoms with Crippen molar-refractivity contribution in [2.75, 3.05) is 22.9 Å². The molecule has 0 saturated carbocycles. The Hall–Kier alpha value is -2.73. The maximum Gasteiger partial charge on any atom is 0.322 e. The van der Waals surface area contributed by atoms with E-state index in [1.807, 2.05) is 18.2 Å². The molecule has 8 nitrogen and oxygen atoms in total. The van der Waals surface area contributed by atoms with Crippen LogP contribution in [0.4, 0.5) is 15.9 Å². The number of carbonyl (C=O) groups excluding carboxylic acids is 1. The number of nitrogens with zero attached hydrogens (tertiary/aromatic N) is 3. The Labute approximate surface area is 199 Å². The van der Waals surface area contributed by atoms with Crippen LogP contribution in [0.3, 0.4) is 0 Å². The summed E-state index contributed by atoms with van der Waals surface area (Å²) in [6.45, 7) is 2.33. The maximum absolute atomic E-state index is 14.9. The van der Waals surface area contributed by atoms with E-state index in [2.05, 4.69) is 32.2 Å². The molecule has 0 aliphatic carbocycles. The Bertz CT molecular complexity index is 1210. The lowest BCUT2D eigenvalue weighted by Crippen LogP contribution is -2.32. The van der Waals surface area contributed by atoms with E-state index >= 15 is 0 Å². The largest absolute Gasteiger partial charge is 0.380 e. The van der Waals surface area contributed by atoms with E-state index in [9.17, 15) is 17.6 Å². The number of benzene rings is 2. The van der Waals surface area contributed by atoms with Crippen LogP contribution in [0.5, 0.6) is 0 Å². The second kappa shape index (κ2) is 10.0. The number of likely N-dealkylation sites (tertiary alicyclic amines) is 1. The zero-order valence-electron chi connectivity index (χ0n) is 17.2. The van der Waals surface area contributed by atoms with Crippen molar-refractivity contribution >= 4 is 50.9 Å². The highest BCUT2D eigenvalue weighted by Gasteiger charge is 2.33. The molecule has 0 unspecified atom stereocenters. The monoisotopic (exact) mass is 510 g/mol. The Balaban J connectivity index is 1.50. The molecule has 1 N–H and O–H groups in total. The van der Waals surface area contributed by atoms with Gasteiger partial charge in [-0.1, -0.05) is 46.4 Å². The molecule has 1 aromatic heterocycles. The van der Waals surface area contributed by atoms with Crippen LogP contribution in [-0.2, 0) is 26.2 Å². The number of hydrogen-bond acceptors (Lipinski definition) is 8. The number of halogens is 2. The number of anilines is 2. The van der Waals surface area contributed by atoms with Gasteiger partial charge in [-0.05, 0) is 24.1 Å². The lowest BCUT2D eigenvalue weighted by molar-refractivity contribution is -0.128. The van der Waals surface area contributed by atoms with Gasteiger partial charge in [0.25, 0.3) is 10.0 Å². The number of carbonyl (C=O) groups is 1. The van der Waals surface area contributed by atoms with Crippen LogP contribution in [0.25, 0.3) is 0 Å². The van der Waals surface area contributed by atoms with Gasteiger partial charge >= 0.3 is 6.47 Å². The van der Waals surface area contributed by atoms with Crippen molar-refractivity contribution in [1.82, 2.24) is 9.88 Å². The minimum absolute atomic E-state index is 0.0259. The van der Waals surface area contributed by atoms with Crippen LogP contribution in [0.2, 0.25) is 5.02 Å². The second-order valence-electron chi connectivity index (χ2n) is 7.39. The van der Waals surface area contributed by atoms with Gasteiger partial charge in [-0.15, -0.1) is 11.3 Å². The highest BCUT2D eigenvalue weighted by Crippen LogP contribution is 2.32. The molecule has 12 heteroatoms. The van der Waals surface area contributed by atoms with Crippen LogP contribution in [0.1, 0.15) is 12.0 Å². The summed E-state index contributed by atoms with van der Waals surface area (Å²) >= 11 is 7.40. The fraction of sp³-hybridized carbons (Fsp3) is 0.238. The van der Waals surface area contributed by atoms with E-state index in [0.717, 1.165) is 49.5 Å². The minimum Gasteiger partial charge on any atom is -0.380 e. The molecule has 33 heavy (non-hydrogen) atoms. The molecule has 2 aromatic carbocycles. The number of aromatic nitrogens is 1. The van der Waals surface area contributed by atoms with E-state index in [4.69, 9.17) is 11.6 Å². The average molecular weight is 511 g/mol. The van der Waals surface area contributed by atoms with Crippen molar-refractivity contribution in [2.45, 2.75) is 23.9 Å². The van der Waals surface area contributed by atoms with Crippen molar-refractivity contribution in [1.29, 1.82) is 0 Å². The van der Waals surface area contributed by atoms with Crippen molar-refractivity contribution < 1.29 is 22.4 Å². The van der Waals surface area contributed by atoms with Gasteiger partial charge in [0.1, 0.15) is 10.7 Å². The molecule has 3 aromatic rings. The highest BCUT2D eigenvalue weighted by molar-refractivity contribution is 7.92. The molecule has 0 amide bonds. The zero-order chi connectivity index (χ0) is 23.4. The molecule has 0 spiro atoms. The minimum atomic E-state index is -4.60. The fourth-order valence-electron chi connectivity index (χ4n) is 3.65. The van der Waals surface area contributed by atoms with E-state index in [0.29, 0.717) is 0 Å². The normalized spacial score (nSPS) is 16.5. The van der Waals surface area contributed by atoms with Crippen LogP contribution >= 0.6 is 22.9 Å². The van der Waals surface area contributed by atoms with Crippen LogP contribution in [0, 0.1) is 5.82 Å². The number of thiazole rings is 1. The van der Waals surface area contributed by atoms with Crippen LogP contribution < -0.4 is 9.79 Å². The van der Waals surface area contributed by atoms with Crippen LogP contribution in [-0.4, -0.2) is 43.9 Å². The summed E-state index contributed by atoms with van der Waals surface area (Å²) in [6, 6.07) is 12.2. The van der Waals surface area contributed by atoms with Gasteiger partial charge in [0.15, 0.2) is 5.82 Å². The molecule has 1 aliphatic rings. The van der Waals surface area contributed by atoms with Gasteiger partial charge in [-0.3, -0.25) is 9.69 Å².